The van der Waals surface area contributed by atoms with E-state index >= 15 is 0 Å². The number of ether oxygens (including phenoxy) is 1. The zero-order valence-corrected chi connectivity index (χ0v) is 17.4. The number of hydrogen-bond acceptors (Lipinski definition) is 5. The Kier molecular flexibility index (Phi) is 4.69. The first-order valence-corrected chi connectivity index (χ1v) is 11.0. The van der Waals surface area contributed by atoms with E-state index in [0.29, 0.717) is 0 Å². The summed E-state index contributed by atoms with van der Waals surface area (Å²) in [6.07, 6.45) is 11.7. The van der Waals surface area contributed by atoms with Crippen LogP contribution in [0.2, 0.25) is 0 Å². The fourth-order valence-corrected chi connectivity index (χ4v) is 5.85. The Bertz CT molecular complexity index is 844. The fourth-order valence-electron chi connectivity index (χ4n) is 5.85. The van der Waals surface area contributed by atoms with Crippen LogP contribution in [-0.2, 0) is 9.53 Å². The second kappa shape index (κ2) is 7.24. The van der Waals surface area contributed by atoms with Crippen LogP contribution in [0.5, 0.6) is 0 Å². The van der Waals surface area contributed by atoms with Crippen molar-refractivity contribution in [2.24, 2.45) is 17.3 Å². The minimum absolute atomic E-state index is 0.0127. The first-order valence-electron chi connectivity index (χ1n) is 11.0. The van der Waals surface area contributed by atoms with Crippen molar-refractivity contribution in [2.45, 2.75) is 39.2 Å². The molecule has 0 unspecified atom stereocenters. The summed E-state index contributed by atoms with van der Waals surface area (Å²) in [6.45, 7) is 9.31. The van der Waals surface area contributed by atoms with Gasteiger partial charge in [0.1, 0.15) is 12.0 Å². The molecule has 2 aliphatic carbocycles. The van der Waals surface area contributed by atoms with Gasteiger partial charge < -0.3 is 14.5 Å². The van der Waals surface area contributed by atoms with E-state index in [9.17, 15) is 4.79 Å². The average molecular weight is 396 g/mol. The van der Waals surface area contributed by atoms with Crippen molar-refractivity contribution in [3.8, 4) is 0 Å². The molecule has 0 bridgehead atoms. The summed E-state index contributed by atoms with van der Waals surface area (Å²) < 4.78 is 5.91. The number of aromatic nitrogens is 2. The number of quaternary nitrogens is 1. The quantitative estimate of drug-likeness (QED) is 0.785. The summed E-state index contributed by atoms with van der Waals surface area (Å²) in [7, 11) is 0. The van der Waals surface area contributed by atoms with Gasteiger partial charge in [-0.1, -0.05) is 24.6 Å². The summed E-state index contributed by atoms with van der Waals surface area (Å²) in [5.74, 6) is 1.04. The molecule has 1 aromatic rings. The van der Waals surface area contributed by atoms with Gasteiger partial charge in [0.25, 0.3) is 0 Å². The molecule has 6 heteroatoms. The van der Waals surface area contributed by atoms with Gasteiger partial charge in [-0.05, 0) is 43.2 Å². The third kappa shape index (κ3) is 3.37. The number of hydrogen-bond donors (Lipinski definition) is 1. The topological polar surface area (TPSA) is 59.8 Å². The molecule has 2 saturated heterocycles. The van der Waals surface area contributed by atoms with Gasteiger partial charge >= 0.3 is 5.97 Å². The van der Waals surface area contributed by atoms with Crippen molar-refractivity contribution < 1.29 is 14.4 Å². The standard InChI is InChI=1S/C23H30N4O2/c1-16-5-3-6-23(2)14-20-17(13-19(16)23)18(21(28)29-20)15-26-9-11-27(12-10-26)22-24-7-4-8-25-22/h4-5,7-8,13,17-18,20H,3,6,9-12,14-15H2,1-2H3/p+1/t17-,18+,20-,23-/m1/s1. The predicted molar refractivity (Wildman–Crippen MR) is 110 cm³/mol. The first kappa shape index (κ1) is 18.8. The number of piperazine rings is 1. The molecule has 6 nitrogen and oxygen atoms in total. The lowest BCUT2D eigenvalue weighted by atomic mass is 9.62. The van der Waals surface area contributed by atoms with Crippen molar-refractivity contribution in [1.29, 1.82) is 0 Å². The molecule has 2 fully saturated rings. The third-order valence-electron chi connectivity index (χ3n) is 7.51. The number of nitrogens with one attached hydrogen (secondary N) is 1. The molecule has 0 saturated carbocycles. The van der Waals surface area contributed by atoms with E-state index in [2.05, 4.69) is 40.9 Å². The van der Waals surface area contributed by atoms with Crippen molar-refractivity contribution in [2.75, 3.05) is 37.6 Å². The van der Waals surface area contributed by atoms with Gasteiger partial charge in [-0.15, -0.1) is 0 Å². The molecule has 3 heterocycles. The van der Waals surface area contributed by atoms with Gasteiger partial charge in [0, 0.05) is 18.3 Å². The Hall–Kier alpha value is -2.21. The maximum Gasteiger partial charge on any atom is 0.315 e. The van der Waals surface area contributed by atoms with Gasteiger partial charge in [-0.25, -0.2) is 9.97 Å². The van der Waals surface area contributed by atoms with Gasteiger partial charge in [-0.3, -0.25) is 4.79 Å². The Morgan fingerprint density at radius 1 is 1.28 bits per heavy atom. The van der Waals surface area contributed by atoms with Crippen molar-refractivity contribution in [3.63, 3.8) is 0 Å². The third-order valence-corrected chi connectivity index (χ3v) is 7.51. The van der Waals surface area contributed by atoms with E-state index in [1.165, 1.54) is 16.0 Å². The second-order valence-electron chi connectivity index (χ2n) is 9.42. The van der Waals surface area contributed by atoms with E-state index in [-0.39, 0.29) is 29.3 Å². The van der Waals surface area contributed by atoms with E-state index in [1.807, 2.05) is 6.07 Å². The van der Waals surface area contributed by atoms with Crippen LogP contribution in [0.15, 0.2) is 41.8 Å². The molecule has 5 rings (SSSR count). The lowest BCUT2D eigenvalue weighted by Gasteiger charge is -2.43. The van der Waals surface area contributed by atoms with E-state index in [0.717, 1.165) is 57.9 Å². The smallest absolute Gasteiger partial charge is 0.315 e. The van der Waals surface area contributed by atoms with Crippen LogP contribution < -0.4 is 9.80 Å². The largest absolute Gasteiger partial charge is 0.461 e. The number of esters is 1. The summed E-state index contributed by atoms with van der Waals surface area (Å²) in [6, 6.07) is 1.85. The average Bonchev–Trinajstić information content (AvgIpc) is 3.01. The molecule has 4 aliphatic rings. The number of allylic oxidation sites excluding steroid dienone is 3. The zero-order chi connectivity index (χ0) is 20.0. The van der Waals surface area contributed by atoms with E-state index < -0.39 is 0 Å². The highest BCUT2D eigenvalue weighted by atomic mass is 16.6. The lowest BCUT2D eigenvalue weighted by Crippen LogP contribution is -3.15. The number of rotatable bonds is 3. The molecule has 29 heavy (non-hydrogen) atoms. The van der Waals surface area contributed by atoms with Crippen LogP contribution >= 0.6 is 0 Å². The van der Waals surface area contributed by atoms with Gasteiger partial charge in [-0.2, -0.15) is 0 Å². The minimum Gasteiger partial charge on any atom is -0.461 e. The Labute approximate surface area is 172 Å². The molecule has 2 aliphatic heterocycles. The summed E-state index contributed by atoms with van der Waals surface area (Å²) >= 11 is 0. The van der Waals surface area contributed by atoms with Crippen LogP contribution in [0, 0.1) is 17.3 Å². The zero-order valence-electron chi connectivity index (χ0n) is 17.4. The number of nitrogens with zero attached hydrogens (tertiary/aromatic N) is 3. The number of carbonyl (C=O) groups is 1. The highest BCUT2D eigenvalue weighted by Gasteiger charge is 2.52. The van der Waals surface area contributed by atoms with E-state index in [4.69, 9.17) is 4.74 Å². The number of anilines is 1. The summed E-state index contributed by atoms with van der Waals surface area (Å²) in [4.78, 5) is 25.2. The maximum atomic E-state index is 12.8. The summed E-state index contributed by atoms with van der Waals surface area (Å²) in [5.41, 5.74) is 3.04. The Morgan fingerprint density at radius 3 is 2.79 bits per heavy atom. The van der Waals surface area contributed by atoms with Gasteiger partial charge in [0.2, 0.25) is 5.95 Å². The highest BCUT2D eigenvalue weighted by Crippen LogP contribution is 2.52. The number of fused-ring (bicyclic) bond motifs is 2. The molecule has 0 spiro atoms. The molecule has 1 aromatic heterocycles. The fraction of sp³-hybridized carbons (Fsp3) is 0.609. The normalized spacial score (nSPS) is 34.8. The lowest BCUT2D eigenvalue weighted by molar-refractivity contribution is -0.903. The molecule has 0 radical (unpaired) electrons. The molecular formula is C23H31N4O2+. The van der Waals surface area contributed by atoms with Crippen LogP contribution in [-0.4, -0.2) is 54.8 Å². The van der Waals surface area contributed by atoms with Crippen LogP contribution in [0.1, 0.15) is 33.1 Å². The highest BCUT2D eigenvalue weighted by molar-refractivity contribution is 5.76. The molecular weight excluding hydrogens is 364 g/mol. The van der Waals surface area contributed by atoms with Crippen molar-refractivity contribution >= 4 is 11.9 Å². The van der Waals surface area contributed by atoms with Crippen LogP contribution in [0.4, 0.5) is 5.95 Å². The van der Waals surface area contributed by atoms with Crippen LogP contribution in [0.3, 0.4) is 0 Å². The summed E-state index contributed by atoms with van der Waals surface area (Å²) in [5, 5.41) is 0. The predicted octanol–water partition coefficient (Wildman–Crippen LogP) is 1.42. The Morgan fingerprint density at radius 2 is 2.03 bits per heavy atom. The molecule has 1 N–H and O–H groups in total. The van der Waals surface area contributed by atoms with Gasteiger partial charge in [0.15, 0.2) is 0 Å². The van der Waals surface area contributed by atoms with Gasteiger partial charge in [0.05, 0.1) is 32.7 Å². The van der Waals surface area contributed by atoms with E-state index in [1.54, 1.807) is 12.4 Å². The number of carbonyl (C=O) groups excluding carboxylic acids is 1. The minimum atomic E-state index is -0.0127. The second-order valence-corrected chi connectivity index (χ2v) is 9.42. The molecule has 0 aromatic carbocycles. The van der Waals surface area contributed by atoms with Crippen molar-refractivity contribution in [1.82, 2.24) is 9.97 Å². The molecule has 4 atom stereocenters. The molecule has 154 valence electrons. The molecule has 0 amide bonds. The monoisotopic (exact) mass is 395 g/mol. The SMILES string of the molecule is CC1=CCC[C@]2(C)C[C@H]3OC(=O)[C@@H](C[NH+]4CCN(c5ncccn5)CC4)[C@H]3C=C12. The maximum absolute atomic E-state index is 12.8. The Balaban J connectivity index is 1.28. The van der Waals surface area contributed by atoms with Crippen LogP contribution in [0.25, 0.3) is 0 Å². The van der Waals surface area contributed by atoms with Crippen molar-refractivity contribution in [3.05, 3.63) is 41.8 Å². The first-order chi connectivity index (χ1) is 14.0.